The first-order chi connectivity index (χ1) is 14.7. The lowest BCUT2D eigenvalue weighted by molar-refractivity contribution is -0.116. The molecule has 0 saturated heterocycles. The Hall–Kier alpha value is -2.25. The van der Waals surface area contributed by atoms with Crippen LogP contribution in [0.25, 0.3) is 0 Å². The molecule has 2 aliphatic carbocycles. The van der Waals surface area contributed by atoms with Crippen molar-refractivity contribution in [1.82, 2.24) is 4.57 Å². The van der Waals surface area contributed by atoms with Crippen LogP contribution in [-0.2, 0) is 11.3 Å². The molecule has 2 saturated carbocycles. The standard InChI is InChI=1S/C23H22N2O3S2/c26-17(24-15-5-2-1-3-6-15)12-25-22-21(30-23(25)27)19(16-7-4-10-28-16)18-13-8-9-14(11-13)20(18)29-22/h1-7,10,13-14,18-20H,8-9,11-12H2,(H,24,26)/t13-,14-,18-,19-,20+/m0/s1. The van der Waals surface area contributed by atoms with Crippen molar-refractivity contribution in [2.75, 3.05) is 5.32 Å². The molecule has 3 aromatic rings. The molecular weight excluding hydrogens is 416 g/mol. The molecule has 154 valence electrons. The summed E-state index contributed by atoms with van der Waals surface area (Å²) < 4.78 is 7.54. The van der Waals surface area contributed by atoms with Crippen LogP contribution in [0.5, 0.6) is 0 Å². The van der Waals surface area contributed by atoms with Gasteiger partial charge in [0.05, 0.1) is 22.1 Å². The van der Waals surface area contributed by atoms with E-state index in [2.05, 4.69) is 5.32 Å². The average Bonchev–Trinajstić information content (AvgIpc) is 3.53. The number of amides is 1. The van der Waals surface area contributed by atoms with Crippen LogP contribution in [0.15, 0.2) is 63.0 Å². The van der Waals surface area contributed by atoms with Gasteiger partial charge in [0.2, 0.25) is 5.91 Å². The number of nitrogens with zero attached hydrogens (tertiary/aromatic N) is 1. The van der Waals surface area contributed by atoms with Crippen LogP contribution in [0.3, 0.4) is 0 Å². The van der Waals surface area contributed by atoms with Crippen LogP contribution in [0.4, 0.5) is 5.69 Å². The summed E-state index contributed by atoms with van der Waals surface area (Å²) in [5.74, 6) is 2.86. The lowest BCUT2D eigenvalue weighted by Gasteiger charge is -2.39. The summed E-state index contributed by atoms with van der Waals surface area (Å²) >= 11 is 3.13. The third-order valence-corrected chi connectivity index (χ3v) is 9.73. The Bertz CT molecular complexity index is 1140. The summed E-state index contributed by atoms with van der Waals surface area (Å²) in [6, 6.07) is 13.4. The van der Waals surface area contributed by atoms with Crippen LogP contribution in [0.2, 0.25) is 0 Å². The number of fused-ring (bicyclic) bond motifs is 6. The van der Waals surface area contributed by atoms with E-state index in [0.29, 0.717) is 23.0 Å². The van der Waals surface area contributed by atoms with Crippen molar-refractivity contribution in [2.45, 2.75) is 42.0 Å². The Kier molecular flexibility index (Phi) is 4.42. The second-order valence-corrected chi connectivity index (χ2v) is 10.7. The largest absolute Gasteiger partial charge is 0.469 e. The van der Waals surface area contributed by atoms with Crippen molar-refractivity contribution in [1.29, 1.82) is 0 Å². The molecule has 3 aliphatic rings. The molecule has 2 fully saturated rings. The number of thioether (sulfide) groups is 1. The molecule has 0 radical (unpaired) electrons. The molecule has 1 N–H and O–H groups in total. The summed E-state index contributed by atoms with van der Waals surface area (Å²) in [7, 11) is 0. The molecule has 5 atom stereocenters. The summed E-state index contributed by atoms with van der Waals surface area (Å²) in [6.07, 6.45) is 5.58. The Balaban J connectivity index is 1.37. The third-order valence-electron chi connectivity index (χ3n) is 6.90. The Labute approximate surface area is 182 Å². The van der Waals surface area contributed by atoms with Crippen molar-refractivity contribution in [2.24, 2.45) is 17.8 Å². The molecule has 2 bridgehead atoms. The number of hydrogen-bond acceptors (Lipinski definition) is 5. The maximum absolute atomic E-state index is 13.0. The van der Waals surface area contributed by atoms with E-state index in [1.165, 1.54) is 30.6 Å². The zero-order valence-corrected chi connectivity index (χ0v) is 18.0. The number of anilines is 1. The average molecular weight is 439 g/mol. The number of thiazole rings is 1. The Morgan fingerprint density at radius 1 is 1.13 bits per heavy atom. The van der Waals surface area contributed by atoms with E-state index in [9.17, 15) is 9.59 Å². The Morgan fingerprint density at radius 2 is 1.97 bits per heavy atom. The van der Waals surface area contributed by atoms with Gasteiger partial charge in [-0.2, -0.15) is 0 Å². The smallest absolute Gasteiger partial charge is 0.308 e. The van der Waals surface area contributed by atoms with Crippen molar-refractivity contribution < 1.29 is 9.21 Å². The van der Waals surface area contributed by atoms with E-state index >= 15 is 0 Å². The van der Waals surface area contributed by atoms with Gasteiger partial charge in [0, 0.05) is 10.9 Å². The number of nitrogens with one attached hydrogen (secondary N) is 1. The molecule has 7 heteroatoms. The zero-order valence-electron chi connectivity index (χ0n) is 16.3. The van der Waals surface area contributed by atoms with Crippen molar-refractivity contribution in [3.63, 3.8) is 0 Å². The van der Waals surface area contributed by atoms with E-state index in [-0.39, 0.29) is 23.2 Å². The van der Waals surface area contributed by atoms with Gasteiger partial charge in [-0.3, -0.25) is 14.2 Å². The number of rotatable bonds is 4. The van der Waals surface area contributed by atoms with Crippen molar-refractivity contribution in [3.8, 4) is 0 Å². The van der Waals surface area contributed by atoms with E-state index < -0.39 is 0 Å². The van der Waals surface area contributed by atoms with Crippen LogP contribution in [0.1, 0.15) is 35.8 Å². The van der Waals surface area contributed by atoms with Gasteiger partial charge < -0.3 is 9.73 Å². The van der Waals surface area contributed by atoms with E-state index in [4.69, 9.17) is 4.42 Å². The van der Waals surface area contributed by atoms with Gasteiger partial charge in [0.15, 0.2) is 0 Å². The predicted molar refractivity (Wildman–Crippen MR) is 118 cm³/mol. The first kappa shape index (κ1) is 18.5. The van der Waals surface area contributed by atoms with Gasteiger partial charge in [0.25, 0.3) is 0 Å². The monoisotopic (exact) mass is 438 g/mol. The van der Waals surface area contributed by atoms with E-state index in [1.807, 2.05) is 54.2 Å². The Morgan fingerprint density at radius 3 is 2.77 bits per heavy atom. The quantitative estimate of drug-likeness (QED) is 0.636. The van der Waals surface area contributed by atoms with Gasteiger partial charge in [-0.05, 0) is 61.3 Å². The highest BCUT2D eigenvalue weighted by Crippen LogP contribution is 2.64. The molecule has 6 rings (SSSR count). The van der Waals surface area contributed by atoms with Gasteiger partial charge >= 0.3 is 4.87 Å². The zero-order chi connectivity index (χ0) is 20.2. The second kappa shape index (κ2) is 7.17. The SMILES string of the molecule is O=C(Cn1c2c(sc1=O)[C@@H](c1ccco1)[C@@H]1[C@H]3CC[C@@H](C3)[C@H]1S2)Nc1ccccc1. The van der Waals surface area contributed by atoms with E-state index in [1.54, 1.807) is 10.8 Å². The molecule has 2 aromatic heterocycles. The topological polar surface area (TPSA) is 64.2 Å². The maximum Gasteiger partial charge on any atom is 0.308 e. The minimum Gasteiger partial charge on any atom is -0.469 e. The molecule has 3 heterocycles. The van der Waals surface area contributed by atoms with Gasteiger partial charge in [-0.25, -0.2) is 0 Å². The number of para-hydroxylation sites is 1. The summed E-state index contributed by atoms with van der Waals surface area (Å²) in [5, 5.41) is 4.38. The molecule has 30 heavy (non-hydrogen) atoms. The minimum absolute atomic E-state index is 0.0446. The fraction of sp³-hybridized carbons (Fsp3) is 0.391. The molecule has 1 amide bonds. The number of carbonyl (C=O) groups is 1. The van der Waals surface area contributed by atoms with Crippen LogP contribution >= 0.6 is 23.1 Å². The third kappa shape index (κ3) is 2.90. The fourth-order valence-corrected chi connectivity index (χ4v) is 8.87. The number of benzene rings is 1. The number of carbonyl (C=O) groups excluding carboxylic acids is 1. The highest BCUT2D eigenvalue weighted by atomic mass is 32.2. The summed E-state index contributed by atoms with van der Waals surface area (Å²) in [5.41, 5.74) is 0.744. The van der Waals surface area contributed by atoms with Gasteiger partial charge in [0.1, 0.15) is 12.3 Å². The highest BCUT2D eigenvalue weighted by molar-refractivity contribution is 8.00. The molecule has 0 unspecified atom stereocenters. The normalized spacial score (nSPS) is 28.9. The van der Waals surface area contributed by atoms with E-state index in [0.717, 1.165) is 21.4 Å². The molecular formula is C23H22N2O3S2. The van der Waals surface area contributed by atoms with Gasteiger partial charge in [-0.1, -0.05) is 29.5 Å². The van der Waals surface area contributed by atoms with Gasteiger partial charge in [-0.15, -0.1) is 11.8 Å². The second-order valence-electron chi connectivity index (χ2n) is 8.52. The summed E-state index contributed by atoms with van der Waals surface area (Å²) in [4.78, 5) is 26.7. The maximum atomic E-state index is 13.0. The summed E-state index contributed by atoms with van der Waals surface area (Å²) in [6.45, 7) is 0.0446. The number of aromatic nitrogens is 1. The molecule has 5 nitrogen and oxygen atoms in total. The number of hydrogen-bond donors (Lipinski definition) is 1. The lowest BCUT2D eigenvalue weighted by atomic mass is 9.77. The first-order valence-corrected chi connectivity index (χ1v) is 12.2. The predicted octanol–water partition coefficient (Wildman–Crippen LogP) is 4.79. The minimum atomic E-state index is -0.172. The molecule has 0 spiro atoms. The van der Waals surface area contributed by atoms with Crippen LogP contribution < -0.4 is 10.2 Å². The van der Waals surface area contributed by atoms with Crippen LogP contribution in [-0.4, -0.2) is 15.7 Å². The molecule has 1 aliphatic heterocycles. The van der Waals surface area contributed by atoms with Crippen LogP contribution in [0, 0.1) is 17.8 Å². The van der Waals surface area contributed by atoms with Crippen molar-refractivity contribution >= 4 is 34.7 Å². The van der Waals surface area contributed by atoms with Crippen molar-refractivity contribution in [3.05, 3.63) is 69.0 Å². The first-order valence-electron chi connectivity index (χ1n) is 10.5. The highest BCUT2D eigenvalue weighted by Gasteiger charge is 2.55. The number of furan rings is 1. The lowest BCUT2D eigenvalue weighted by Crippen LogP contribution is -2.34. The molecule has 1 aromatic carbocycles. The fourth-order valence-electron chi connectivity index (χ4n) is 5.74.